The van der Waals surface area contributed by atoms with Gasteiger partial charge in [-0.1, -0.05) is 67.8 Å². The minimum atomic E-state index is -0.490. The van der Waals surface area contributed by atoms with Crippen LogP contribution in [0.2, 0.25) is 0 Å². The van der Waals surface area contributed by atoms with Gasteiger partial charge in [-0.05, 0) is 125 Å². The first-order valence-corrected chi connectivity index (χ1v) is 19.1. The van der Waals surface area contributed by atoms with E-state index < -0.39 is 6.10 Å². The summed E-state index contributed by atoms with van der Waals surface area (Å²) < 4.78 is 18.3. The summed E-state index contributed by atoms with van der Waals surface area (Å²) in [5, 5.41) is 33.7. The maximum atomic E-state index is 13.6. The Balaban J connectivity index is 1.16. The molecule has 7 heteroatoms. The third-order valence-electron chi connectivity index (χ3n) is 11.1. The first-order valence-electron chi connectivity index (χ1n) is 19.1. The van der Waals surface area contributed by atoms with Crippen molar-refractivity contribution in [2.45, 2.75) is 83.3 Å². The summed E-state index contributed by atoms with van der Waals surface area (Å²) in [4.78, 5) is 13.6. The molecule has 7 nitrogen and oxygen atoms in total. The Morgan fingerprint density at radius 2 is 1.83 bits per heavy atom. The number of aromatic hydroxyl groups is 2. The zero-order valence-electron chi connectivity index (χ0n) is 31.0. The van der Waals surface area contributed by atoms with Crippen molar-refractivity contribution in [1.29, 1.82) is 0 Å². The number of allylic oxidation sites excluding steroid dienone is 4. The second kappa shape index (κ2) is 16.6. The minimum absolute atomic E-state index is 0.0352. The number of ketones is 1. The van der Waals surface area contributed by atoms with Gasteiger partial charge in [0.15, 0.2) is 11.5 Å². The van der Waals surface area contributed by atoms with Gasteiger partial charge in [-0.15, -0.1) is 0 Å². The number of benzene rings is 4. The molecule has 0 radical (unpaired) electrons. The van der Waals surface area contributed by atoms with Crippen LogP contribution in [0, 0.1) is 23.9 Å². The van der Waals surface area contributed by atoms with E-state index in [0.717, 1.165) is 69.8 Å². The molecule has 4 atom stereocenters. The third-order valence-corrected chi connectivity index (χ3v) is 11.1. The molecule has 0 aromatic heterocycles. The largest absolute Gasteiger partial charge is 0.508 e. The number of methoxy groups -OCH3 is 1. The highest BCUT2D eigenvalue weighted by molar-refractivity contribution is 6.00. The Kier molecular flexibility index (Phi) is 11.3. The van der Waals surface area contributed by atoms with Gasteiger partial charge in [-0.3, -0.25) is 4.79 Å². The molecule has 0 fully saturated rings. The highest BCUT2D eigenvalue weighted by Crippen LogP contribution is 2.42. The predicted molar refractivity (Wildman–Crippen MR) is 212 cm³/mol. The fourth-order valence-corrected chi connectivity index (χ4v) is 8.12. The van der Waals surface area contributed by atoms with E-state index in [1.165, 1.54) is 0 Å². The normalized spacial score (nSPS) is 20.9. The number of phenolic OH excluding ortho intramolecular Hbond substituents is 2. The standard InChI is InChI=1S/C47H48O7/c1-30-12-19-40-34-16-20-42-41(44(51)28-43(30)47(40)42)11-6-22-53-39(27-38(50)17-13-32-14-21-45(52-2)46(24-32)54-29-34)26-35-25-37(49)18-15-33(35)9-4-3-7-31-8-5-10-36(48)23-31/h5,8,10,12,14-16,18-21,23-25,28,30,33,35,39,48-49,51H,3-4,7,9,11,13,17,26-27,29H2,1-2H3. The van der Waals surface area contributed by atoms with E-state index in [0.29, 0.717) is 37.4 Å². The summed E-state index contributed by atoms with van der Waals surface area (Å²) in [6, 6.07) is 19.2. The molecule has 4 aromatic carbocycles. The summed E-state index contributed by atoms with van der Waals surface area (Å²) in [6.07, 6.45) is 18.0. The average molecular weight is 725 g/mol. The lowest BCUT2D eigenvalue weighted by Gasteiger charge is -2.28. The number of hydrogen-bond acceptors (Lipinski definition) is 7. The lowest BCUT2D eigenvalue weighted by Crippen LogP contribution is -2.24. The fourth-order valence-electron chi connectivity index (χ4n) is 8.12. The van der Waals surface area contributed by atoms with Crippen LogP contribution in [0.5, 0.6) is 23.0 Å². The number of carbonyl (C=O) groups excluding carboxylic acids is 1. The molecule has 0 amide bonds. The Hall–Kier alpha value is -5.61. The van der Waals surface area contributed by atoms with Crippen molar-refractivity contribution < 1.29 is 34.3 Å². The van der Waals surface area contributed by atoms with Gasteiger partial charge in [0.2, 0.25) is 0 Å². The van der Waals surface area contributed by atoms with Crippen LogP contribution in [-0.2, 0) is 35.4 Å². The van der Waals surface area contributed by atoms with Gasteiger partial charge in [-0.25, -0.2) is 0 Å². The van der Waals surface area contributed by atoms with E-state index >= 15 is 0 Å². The maximum Gasteiger partial charge on any atom is 0.161 e. The number of unbranched alkanes of at least 4 members (excludes halogenated alkanes) is 1. The van der Waals surface area contributed by atoms with Gasteiger partial charge in [-0.2, -0.15) is 0 Å². The SMILES string of the molecule is COc1ccc2cc1OCc1ccc3c(c(O)cc4c3c1C=CC4C)CC#COC(CC1C=C(O)C=CC1CCCCc1cccc(O)c1)CC(=O)CC2. The molecule has 4 aromatic rings. The van der Waals surface area contributed by atoms with Crippen molar-refractivity contribution in [3.63, 3.8) is 0 Å². The van der Waals surface area contributed by atoms with E-state index in [2.05, 4.69) is 43.2 Å². The predicted octanol–water partition coefficient (Wildman–Crippen LogP) is 9.81. The molecule has 6 bridgehead atoms. The Bertz CT molecular complexity index is 2180. The lowest BCUT2D eigenvalue weighted by atomic mass is 9.80. The number of hydrogen-bond donors (Lipinski definition) is 3. The number of ether oxygens (including phenoxy) is 3. The van der Waals surface area contributed by atoms with Crippen molar-refractivity contribution in [2.24, 2.45) is 11.8 Å². The number of fused-ring (bicyclic) bond motifs is 9. The Morgan fingerprint density at radius 3 is 2.69 bits per heavy atom. The fraction of sp³-hybridized carbons (Fsp3) is 0.340. The molecule has 4 aliphatic rings. The molecule has 4 unspecified atom stereocenters. The van der Waals surface area contributed by atoms with Crippen LogP contribution in [0.15, 0.2) is 90.7 Å². The second-order valence-electron chi connectivity index (χ2n) is 14.8. The molecule has 0 spiro atoms. The van der Waals surface area contributed by atoms with Gasteiger partial charge in [0.05, 0.1) is 7.11 Å². The zero-order chi connectivity index (χ0) is 37.6. The van der Waals surface area contributed by atoms with E-state index in [1.54, 1.807) is 19.3 Å². The van der Waals surface area contributed by atoms with Crippen molar-refractivity contribution in [1.82, 2.24) is 0 Å². The number of Topliss-reactive ketones (excluding diaryl/α,β-unsaturated/α-hetero) is 1. The summed E-state index contributed by atoms with van der Waals surface area (Å²) in [7, 11) is 1.62. The Labute approximate surface area is 317 Å². The number of aliphatic hydroxyl groups excluding tert-OH is 1. The molecular formula is C47H48O7. The van der Waals surface area contributed by atoms with E-state index in [4.69, 9.17) is 14.2 Å². The van der Waals surface area contributed by atoms with Crippen molar-refractivity contribution >= 4 is 22.6 Å². The molecule has 2 aliphatic heterocycles. The summed E-state index contributed by atoms with van der Waals surface area (Å²) in [5.74, 6) is 5.43. The molecule has 0 saturated heterocycles. The van der Waals surface area contributed by atoms with Crippen molar-refractivity contribution in [3.8, 4) is 35.0 Å². The van der Waals surface area contributed by atoms with Crippen LogP contribution in [0.3, 0.4) is 0 Å². The summed E-state index contributed by atoms with van der Waals surface area (Å²) >= 11 is 0. The smallest absolute Gasteiger partial charge is 0.161 e. The molecule has 278 valence electrons. The number of phenols is 2. The van der Waals surface area contributed by atoms with Gasteiger partial charge in [0, 0.05) is 30.7 Å². The number of aliphatic hydroxyl groups is 1. The average Bonchev–Trinajstić information content (AvgIpc) is 3.16. The van der Waals surface area contributed by atoms with Crippen molar-refractivity contribution in [3.05, 3.63) is 124 Å². The lowest BCUT2D eigenvalue weighted by molar-refractivity contribution is -0.121. The van der Waals surface area contributed by atoms with E-state index in [1.807, 2.05) is 54.6 Å². The third kappa shape index (κ3) is 8.44. The first-order chi connectivity index (χ1) is 26.2. The number of aryl methyl sites for hydroxylation is 2. The Morgan fingerprint density at radius 1 is 0.944 bits per heavy atom. The van der Waals surface area contributed by atoms with Crippen LogP contribution >= 0.6 is 0 Å². The van der Waals surface area contributed by atoms with Gasteiger partial charge < -0.3 is 29.5 Å². The van der Waals surface area contributed by atoms with Crippen molar-refractivity contribution in [2.75, 3.05) is 7.11 Å². The quantitative estimate of drug-likeness (QED) is 0.123. The van der Waals surface area contributed by atoms with E-state index in [9.17, 15) is 20.1 Å². The molecule has 2 aliphatic carbocycles. The molecule has 2 heterocycles. The summed E-state index contributed by atoms with van der Waals surface area (Å²) in [5.41, 5.74) is 5.96. The number of carbonyl (C=O) groups is 1. The monoisotopic (exact) mass is 724 g/mol. The molecule has 0 saturated carbocycles. The first kappa shape index (κ1) is 36.7. The number of rotatable bonds is 8. The minimum Gasteiger partial charge on any atom is -0.508 e. The molecular weight excluding hydrogens is 677 g/mol. The summed E-state index contributed by atoms with van der Waals surface area (Å²) in [6.45, 7) is 2.45. The molecule has 54 heavy (non-hydrogen) atoms. The highest BCUT2D eigenvalue weighted by Gasteiger charge is 2.27. The highest BCUT2D eigenvalue weighted by atomic mass is 16.5. The van der Waals surface area contributed by atoms with Crippen LogP contribution in [-0.4, -0.2) is 34.3 Å². The zero-order valence-corrected chi connectivity index (χ0v) is 31.0. The van der Waals surface area contributed by atoms with E-state index in [-0.39, 0.29) is 53.6 Å². The van der Waals surface area contributed by atoms with Gasteiger partial charge in [0.1, 0.15) is 41.9 Å². The van der Waals surface area contributed by atoms with Gasteiger partial charge in [0.25, 0.3) is 0 Å². The topological polar surface area (TPSA) is 105 Å². The van der Waals surface area contributed by atoms with Crippen LogP contribution in [0.1, 0.15) is 84.7 Å². The maximum absolute atomic E-state index is 13.6. The van der Waals surface area contributed by atoms with Crippen LogP contribution in [0.25, 0.3) is 16.8 Å². The second-order valence-corrected chi connectivity index (χ2v) is 14.8. The van der Waals surface area contributed by atoms with Crippen LogP contribution < -0.4 is 9.47 Å². The van der Waals surface area contributed by atoms with Crippen LogP contribution in [0.4, 0.5) is 0 Å². The van der Waals surface area contributed by atoms with Gasteiger partial charge >= 0.3 is 0 Å². The molecule has 3 N–H and O–H groups in total. The molecule has 8 rings (SSSR count).